The van der Waals surface area contributed by atoms with Crippen LogP contribution in [0.2, 0.25) is 0 Å². The summed E-state index contributed by atoms with van der Waals surface area (Å²) < 4.78 is 10.8. The van der Waals surface area contributed by atoms with Gasteiger partial charge in [-0.3, -0.25) is 9.69 Å². The quantitative estimate of drug-likeness (QED) is 0.182. The van der Waals surface area contributed by atoms with Crippen molar-refractivity contribution in [1.29, 1.82) is 0 Å². The Kier molecular flexibility index (Phi) is 11.6. The van der Waals surface area contributed by atoms with E-state index < -0.39 is 22.9 Å². The van der Waals surface area contributed by atoms with Crippen molar-refractivity contribution in [2.45, 2.75) is 31.2 Å². The molecule has 0 aliphatic heterocycles. The molecule has 1 aromatic heterocycles. The molecule has 2 atom stereocenters. The zero-order valence-electron chi connectivity index (χ0n) is 24.8. The van der Waals surface area contributed by atoms with Crippen molar-refractivity contribution < 1.29 is 24.2 Å². The van der Waals surface area contributed by atoms with Crippen molar-refractivity contribution in [1.82, 2.24) is 15.3 Å². The van der Waals surface area contributed by atoms with Gasteiger partial charge >= 0.3 is 6.03 Å². The number of hydrogen-bond acceptors (Lipinski definition) is 9. The first-order valence-electron chi connectivity index (χ1n) is 13.5. The van der Waals surface area contributed by atoms with E-state index in [1.807, 2.05) is 17.9 Å². The molecule has 1 heterocycles. The molecule has 12 nitrogen and oxygen atoms in total. The molecule has 1 aliphatic carbocycles. The molecule has 2 aromatic rings. The van der Waals surface area contributed by atoms with Crippen LogP contribution in [0.3, 0.4) is 0 Å². The largest absolute Gasteiger partial charge is 0.499 e. The summed E-state index contributed by atoms with van der Waals surface area (Å²) in [5.41, 5.74) is 1.84. The molecular formula is C29H37Cl2N7O5. The molecule has 1 aromatic carbocycles. The molecule has 232 valence electrons. The van der Waals surface area contributed by atoms with E-state index in [9.17, 15) is 14.7 Å². The molecule has 0 bridgehead atoms. The summed E-state index contributed by atoms with van der Waals surface area (Å²) in [5.74, 6) is 0.918. The third-order valence-electron chi connectivity index (χ3n) is 6.72. The maximum Gasteiger partial charge on any atom is 0.323 e. The van der Waals surface area contributed by atoms with E-state index in [-0.39, 0.29) is 17.5 Å². The highest BCUT2D eigenvalue weighted by Crippen LogP contribution is 2.40. The average molecular weight is 635 g/mol. The molecular weight excluding hydrogens is 597 g/mol. The molecule has 43 heavy (non-hydrogen) atoms. The number of halogens is 2. The van der Waals surface area contributed by atoms with Crippen molar-refractivity contribution in [3.05, 3.63) is 65.9 Å². The molecule has 3 amide bonds. The van der Waals surface area contributed by atoms with E-state index >= 15 is 0 Å². The Hall–Kier alpha value is -4.00. The smallest absolute Gasteiger partial charge is 0.323 e. The molecule has 1 aliphatic rings. The summed E-state index contributed by atoms with van der Waals surface area (Å²) in [5, 5.41) is 18.5. The number of aliphatic hydroxyl groups excluding tert-OH is 1. The summed E-state index contributed by atoms with van der Waals surface area (Å²) in [6.07, 6.45) is 4.93. The number of anilines is 5. The predicted molar refractivity (Wildman–Crippen MR) is 170 cm³/mol. The van der Waals surface area contributed by atoms with E-state index in [2.05, 4.69) is 32.5 Å². The fraction of sp³-hybridized carbons (Fsp3) is 0.379. The number of aliphatic hydroxyl groups is 1. The Bertz CT molecular complexity index is 1390. The normalized spacial score (nSPS) is 17.9. The number of amides is 3. The fourth-order valence-corrected chi connectivity index (χ4v) is 5.17. The Morgan fingerprint density at radius 2 is 1.93 bits per heavy atom. The lowest BCUT2D eigenvalue weighted by Gasteiger charge is -2.37. The van der Waals surface area contributed by atoms with E-state index in [1.165, 1.54) is 38.6 Å². The Morgan fingerprint density at radius 3 is 2.56 bits per heavy atom. The third kappa shape index (κ3) is 7.89. The van der Waals surface area contributed by atoms with E-state index in [0.29, 0.717) is 35.3 Å². The molecule has 0 saturated heterocycles. The number of methoxy groups -OCH3 is 2. The Balaban J connectivity index is 1.86. The maximum absolute atomic E-state index is 13.3. The first-order valence-corrected chi connectivity index (χ1v) is 14.2. The zero-order chi connectivity index (χ0) is 31.7. The van der Waals surface area contributed by atoms with Gasteiger partial charge in [0.1, 0.15) is 34.4 Å². The molecule has 3 rings (SSSR count). The topological polar surface area (TPSA) is 141 Å². The van der Waals surface area contributed by atoms with Gasteiger partial charge in [0, 0.05) is 38.0 Å². The average Bonchev–Trinajstić information content (AvgIpc) is 2.99. The van der Waals surface area contributed by atoms with Crippen LogP contribution >= 0.6 is 23.2 Å². The van der Waals surface area contributed by atoms with Crippen molar-refractivity contribution >= 4 is 63.8 Å². The van der Waals surface area contributed by atoms with Crippen LogP contribution < -0.4 is 25.8 Å². The van der Waals surface area contributed by atoms with Gasteiger partial charge in [-0.1, -0.05) is 25.1 Å². The maximum atomic E-state index is 13.3. The molecule has 4 N–H and O–H groups in total. The molecule has 0 fully saturated rings. The van der Waals surface area contributed by atoms with Crippen LogP contribution in [0.15, 0.2) is 65.9 Å². The number of hydrogen-bond donors (Lipinski definition) is 4. The summed E-state index contributed by atoms with van der Waals surface area (Å²) in [4.78, 5) is 36.2. The molecule has 0 radical (unpaired) electrons. The Morgan fingerprint density at radius 1 is 1.19 bits per heavy atom. The lowest BCUT2D eigenvalue weighted by atomic mass is 9.92. The number of carbonyl (C=O) groups excluding carboxylic acids is 2. The molecule has 14 heteroatoms. The van der Waals surface area contributed by atoms with Crippen LogP contribution in [0.1, 0.15) is 20.3 Å². The Labute approximate surface area is 261 Å². The second-order valence-electron chi connectivity index (χ2n) is 9.67. The van der Waals surface area contributed by atoms with Crippen LogP contribution in [0.25, 0.3) is 0 Å². The SMILES string of the molecule is C=CC(=O)Nc1cc(N(CCC)CCO)ccc1Nc1cc(N(C)C(=O)NC2C(Cl)=C(OC)C=C(OC)C2(C)Cl)ncn1. The number of ether oxygens (including phenoxy) is 2. The van der Waals surface area contributed by atoms with Crippen molar-refractivity contribution in [2.24, 2.45) is 0 Å². The van der Waals surface area contributed by atoms with Gasteiger partial charge in [0.05, 0.1) is 43.3 Å². The van der Waals surface area contributed by atoms with Gasteiger partial charge in [-0.15, -0.1) is 11.6 Å². The van der Waals surface area contributed by atoms with E-state index in [4.69, 9.17) is 32.7 Å². The lowest BCUT2D eigenvalue weighted by molar-refractivity contribution is -0.111. The van der Waals surface area contributed by atoms with Crippen LogP contribution in [0, 0.1) is 0 Å². The first kappa shape index (κ1) is 33.5. The monoisotopic (exact) mass is 633 g/mol. The van der Waals surface area contributed by atoms with E-state index in [0.717, 1.165) is 18.7 Å². The highest BCUT2D eigenvalue weighted by Gasteiger charge is 2.45. The highest BCUT2D eigenvalue weighted by molar-refractivity contribution is 6.34. The van der Waals surface area contributed by atoms with Crippen molar-refractivity contribution in [2.75, 3.05) is 61.4 Å². The molecule has 0 saturated carbocycles. The number of benzene rings is 1. The van der Waals surface area contributed by atoms with Crippen molar-refractivity contribution in [3.8, 4) is 0 Å². The van der Waals surface area contributed by atoms with E-state index in [1.54, 1.807) is 31.2 Å². The predicted octanol–water partition coefficient (Wildman–Crippen LogP) is 4.71. The van der Waals surface area contributed by atoms with Gasteiger partial charge in [0.2, 0.25) is 5.91 Å². The standard InChI is InChI=1S/C29H37Cl2N7O5/c1-7-11-38(12-13-39)18-9-10-19(20(14-18)35-25(40)8-2)34-23-16-24(33-17-32-23)37(4)28(41)36-27-26(30)21(42-5)15-22(43-6)29(27,3)31/h8-10,14-17,27,39H,2,7,11-13H2,1,3-6H3,(H,35,40)(H,36,41)(H,32,33,34). The minimum atomic E-state index is -1.19. The summed E-state index contributed by atoms with van der Waals surface area (Å²) in [6, 6.07) is 5.63. The minimum absolute atomic E-state index is 0.00960. The first-order chi connectivity index (χ1) is 20.5. The van der Waals surface area contributed by atoms with Crippen LogP contribution in [0.4, 0.5) is 33.5 Å². The zero-order valence-corrected chi connectivity index (χ0v) is 26.3. The number of urea groups is 1. The van der Waals surface area contributed by atoms with Crippen LogP contribution in [-0.2, 0) is 14.3 Å². The third-order valence-corrected chi connectivity index (χ3v) is 7.53. The lowest BCUT2D eigenvalue weighted by Crippen LogP contribution is -2.54. The number of carbonyl (C=O) groups is 2. The number of aromatic nitrogens is 2. The van der Waals surface area contributed by atoms with Gasteiger partial charge < -0.3 is 35.4 Å². The van der Waals surface area contributed by atoms with Gasteiger partial charge in [-0.2, -0.15) is 0 Å². The number of allylic oxidation sites excluding steroid dienone is 1. The van der Waals surface area contributed by atoms with Crippen LogP contribution in [-0.4, -0.2) is 78.9 Å². The number of nitrogens with one attached hydrogen (secondary N) is 3. The van der Waals surface area contributed by atoms with Gasteiger partial charge in [-0.05, 0) is 37.6 Å². The van der Waals surface area contributed by atoms with Crippen molar-refractivity contribution in [3.63, 3.8) is 0 Å². The van der Waals surface area contributed by atoms with Gasteiger partial charge in [0.25, 0.3) is 0 Å². The summed E-state index contributed by atoms with van der Waals surface area (Å²) in [6.45, 7) is 8.42. The number of alkyl halides is 1. The van der Waals surface area contributed by atoms with Gasteiger partial charge in [0.15, 0.2) is 0 Å². The highest BCUT2D eigenvalue weighted by atomic mass is 35.5. The van der Waals surface area contributed by atoms with Crippen LogP contribution in [0.5, 0.6) is 0 Å². The minimum Gasteiger partial charge on any atom is -0.499 e. The number of nitrogens with zero attached hydrogens (tertiary/aromatic N) is 4. The number of rotatable bonds is 13. The summed E-state index contributed by atoms with van der Waals surface area (Å²) in [7, 11) is 4.46. The molecule has 0 spiro atoms. The second kappa shape index (κ2) is 14.9. The second-order valence-corrected chi connectivity index (χ2v) is 10.9. The van der Waals surface area contributed by atoms with Gasteiger partial charge in [-0.25, -0.2) is 14.8 Å². The fourth-order valence-electron chi connectivity index (χ4n) is 4.41. The summed E-state index contributed by atoms with van der Waals surface area (Å²) >= 11 is 13.3. The molecule has 2 unspecified atom stereocenters.